The van der Waals surface area contributed by atoms with E-state index in [-0.39, 0.29) is 17.0 Å². The molecule has 1 aromatic carbocycles. The minimum atomic E-state index is -4.41. The van der Waals surface area contributed by atoms with Gasteiger partial charge in [0, 0.05) is 24.0 Å². The van der Waals surface area contributed by atoms with Crippen LogP contribution in [0.4, 0.5) is 13.2 Å². The Balaban J connectivity index is 2.09. The van der Waals surface area contributed by atoms with E-state index in [1.54, 1.807) is 11.4 Å². The van der Waals surface area contributed by atoms with Gasteiger partial charge in [-0.05, 0) is 31.6 Å². The van der Waals surface area contributed by atoms with Crippen molar-refractivity contribution in [3.05, 3.63) is 40.9 Å². The molecule has 0 atom stereocenters. The van der Waals surface area contributed by atoms with Gasteiger partial charge in [-0.2, -0.15) is 13.2 Å². The third-order valence-electron chi connectivity index (χ3n) is 3.65. The first-order chi connectivity index (χ1) is 12.0. The summed E-state index contributed by atoms with van der Waals surface area (Å²) < 4.78 is 38.5. The maximum atomic E-state index is 12.8. The molecule has 26 heavy (non-hydrogen) atoms. The zero-order valence-electron chi connectivity index (χ0n) is 15.1. The number of nitrogens with one attached hydrogen (secondary N) is 1. The molecule has 0 saturated carbocycles. The minimum Gasteiger partial charge on any atom is -0.350 e. The predicted molar refractivity (Wildman–Crippen MR) is 97.2 cm³/mol. The Labute approximate surface area is 155 Å². The first-order valence-electron chi connectivity index (χ1n) is 8.04. The molecule has 2 rings (SSSR count). The Bertz CT molecular complexity index is 769. The van der Waals surface area contributed by atoms with Gasteiger partial charge in [-0.25, -0.2) is 4.98 Å². The molecule has 0 aliphatic heterocycles. The molecule has 0 spiro atoms. The monoisotopic (exact) mass is 385 g/mol. The normalized spacial score (nSPS) is 12.5. The summed E-state index contributed by atoms with van der Waals surface area (Å²) in [6, 6.07) is 4.94. The highest BCUT2D eigenvalue weighted by Gasteiger charge is 2.30. The van der Waals surface area contributed by atoms with Gasteiger partial charge < -0.3 is 10.2 Å². The van der Waals surface area contributed by atoms with Crippen molar-refractivity contribution < 1.29 is 18.0 Å². The van der Waals surface area contributed by atoms with Crippen LogP contribution < -0.4 is 5.32 Å². The lowest BCUT2D eigenvalue weighted by Crippen LogP contribution is -2.40. The van der Waals surface area contributed by atoms with E-state index in [2.05, 4.69) is 10.3 Å². The highest BCUT2D eigenvalue weighted by Crippen LogP contribution is 2.33. The number of amides is 1. The fraction of sp³-hybridized carbons (Fsp3) is 0.444. The van der Waals surface area contributed by atoms with Crippen LogP contribution in [-0.4, -0.2) is 43.0 Å². The smallest absolute Gasteiger partial charge is 0.350 e. The van der Waals surface area contributed by atoms with E-state index in [1.807, 2.05) is 32.8 Å². The summed E-state index contributed by atoms with van der Waals surface area (Å²) in [7, 11) is 3.93. The van der Waals surface area contributed by atoms with Crippen molar-refractivity contribution in [2.45, 2.75) is 20.0 Å². The molecule has 0 saturated heterocycles. The highest BCUT2D eigenvalue weighted by atomic mass is 32.1. The van der Waals surface area contributed by atoms with Crippen LogP contribution >= 0.6 is 11.3 Å². The third-order valence-corrected chi connectivity index (χ3v) is 4.54. The van der Waals surface area contributed by atoms with Crippen LogP contribution in [0.3, 0.4) is 0 Å². The summed E-state index contributed by atoms with van der Waals surface area (Å²) in [6.45, 7) is 5.37. The van der Waals surface area contributed by atoms with Crippen molar-refractivity contribution in [3.8, 4) is 10.6 Å². The Kier molecular flexibility index (Phi) is 6.08. The fourth-order valence-corrected chi connectivity index (χ4v) is 3.46. The minimum absolute atomic E-state index is 0.112. The number of thiazole rings is 1. The SMILES string of the molecule is CN(C)CC(C)(C)CNC(=O)c1csc(-c2cccc(C(F)(F)F)c2)n1. The molecule has 0 bridgehead atoms. The number of alkyl halides is 3. The van der Waals surface area contributed by atoms with Crippen LogP contribution in [-0.2, 0) is 6.18 Å². The van der Waals surface area contributed by atoms with E-state index in [4.69, 9.17) is 0 Å². The topological polar surface area (TPSA) is 45.2 Å². The summed E-state index contributed by atoms with van der Waals surface area (Å²) >= 11 is 1.15. The molecule has 0 unspecified atom stereocenters. The molecule has 0 aliphatic rings. The molecule has 2 aromatic rings. The van der Waals surface area contributed by atoms with E-state index >= 15 is 0 Å². The number of rotatable bonds is 6. The summed E-state index contributed by atoms with van der Waals surface area (Å²) in [4.78, 5) is 18.5. The second-order valence-corrected chi connectivity index (χ2v) is 8.06. The lowest BCUT2D eigenvalue weighted by Gasteiger charge is -2.28. The average Bonchev–Trinajstić information content (AvgIpc) is 3.01. The molecule has 1 N–H and O–H groups in total. The van der Waals surface area contributed by atoms with Crippen molar-refractivity contribution in [1.29, 1.82) is 0 Å². The Hall–Kier alpha value is -1.93. The van der Waals surface area contributed by atoms with Gasteiger partial charge in [0.1, 0.15) is 10.7 Å². The van der Waals surface area contributed by atoms with Crippen molar-refractivity contribution in [3.63, 3.8) is 0 Å². The molecular weight excluding hydrogens is 363 g/mol. The van der Waals surface area contributed by atoms with Crippen LogP contribution in [0.15, 0.2) is 29.6 Å². The Morgan fingerprint density at radius 1 is 1.27 bits per heavy atom. The second-order valence-electron chi connectivity index (χ2n) is 7.20. The number of carbonyl (C=O) groups excluding carboxylic acids is 1. The zero-order valence-corrected chi connectivity index (χ0v) is 16.0. The number of halogens is 3. The molecule has 0 aliphatic carbocycles. The molecular formula is C18H22F3N3OS. The molecule has 1 aromatic heterocycles. The molecule has 1 heterocycles. The van der Waals surface area contributed by atoms with Gasteiger partial charge in [0.2, 0.25) is 0 Å². The van der Waals surface area contributed by atoms with Crippen molar-refractivity contribution in [2.75, 3.05) is 27.2 Å². The fourth-order valence-electron chi connectivity index (χ4n) is 2.66. The molecule has 0 fully saturated rings. The lowest BCUT2D eigenvalue weighted by molar-refractivity contribution is -0.137. The number of hydrogen-bond donors (Lipinski definition) is 1. The number of carbonyl (C=O) groups is 1. The van der Waals surface area contributed by atoms with Gasteiger partial charge in [-0.15, -0.1) is 11.3 Å². The van der Waals surface area contributed by atoms with Crippen LogP contribution in [0.25, 0.3) is 10.6 Å². The van der Waals surface area contributed by atoms with Crippen LogP contribution in [0.1, 0.15) is 29.9 Å². The van der Waals surface area contributed by atoms with Gasteiger partial charge in [0.25, 0.3) is 5.91 Å². The van der Waals surface area contributed by atoms with E-state index in [1.165, 1.54) is 6.07 Å². The second kappa shape index (κ2) is 7.75. The quantitative estimate of drug-likeness (QED) is 0.813. The van der Waals surface area contributed by atoms with Gasteiger partial charge >= 0.3 is 6.18 Å². The van der Waals surface area contributed by atoms with Gasteiger partial charge in [0.05, 0.1) is 5.56 Å². The lowest BCUT2D eigenvalue weighted by atomic mass is 9.93. The summed E-state index contributed by atoms with van der Waals surface area (Å²) in [5.74, 6) is -0.327. The summed E-state index contributed by atoms with van der Waals surface area (Å²) in [6.07, 6.45) is -4.41. The van der Waals surface area contributed by atoms with E-state index in [0.29, 0.717) is 17.1 Å². The molecule has 4 nitrogen and oxygen atoms in total. The third kappa shape index (κ3) is 5.54. The highest BCUT2D eigenvalue weighted by molar-refractivity contribution is 7.13. The molecule has 1 amide bonds. The Morgan fingerprint density at radius 3 is 2.58 bits per heavy atom. The van der Waals surface area contributed by atoms with Crippen molar-refractivity contribution in [2.24, 2.45) is 5.41 Å². The summed E-state index contributed by atoms with van der Waals surface area (Å²) in [5, 5.41) is 4.79. The zero-order chi connectivity index (χ0) is 19.5. The van der Waals surface area contributed by atoms with E-state index in [0.717, 1.165) is 30.0 Å². The molecule has 8 heteroatoms. The van der Waals surface area contributed by atoms with Crippen molar-refractivity contribution >= 4 is 17.2 Å². The van der Waals surface area contributed by atoms with Gasteiger partial charge in [-0.1, -0.05) is 26.0 Å². The molecule has 142 valence electrons. The maximum absolute atomic E-state index is 12.8. The van der Waals surface area contributed by atoms with Gasteiger partial charge in [0.15, 0.2) is 0 Å². The maximum Gasteiger partial charge on any atom is 0.416 e. The summed E-state index contributed by atoms with van der Waals surface area (Å²) in [5.41, 5.74) is -0.291. The number of benzene rings is 1. The molecule has 0 radical (unpaired) electrons. The first-order valence-corrected chi connectivity index (χ1v) is 8.92. The average molecular weight is 385 g/mol. The number of hydrogen-bond acceptors (Lipinski definition) is 4. The van der Waals surface area contributed by atoms with Crippen LogP contribution in [0.5, 0.6) is 0 Å². The number of nitrogens with zero attached hydrogens (tertiary/aromatic N) is 2. The predicted octanol–water partition coefficient (Wildman–Crippen LogP) is 4.15. The van der Waals surface area contributed by atoms with Crippen LogP contribution in [0, 0.1) is 5.41 Å². The van der Waals surface area contributed by atoms with Gasteiger partial charge in [-0.3, -0.25) is 4.79 Å². The van der Waals surface area contributed by atoms with Crippen LogP contribution in [0.2, 0.25) is 0 Å². The Morgan fingerprint density at radius 2 is 1.96 bits per heavy atom. The standard InChI is InChI=1S/C18H22F3N3OS/c1-17(2,11-24(3)4)10-22-15(25)14-9-26-16(23-14)12-6-5-7-13(8-12)18(19,20)21/h5-9H,10-11H2,1-4H3,(H,22,25). The first kappa shape index (κ1) is 20.4. The number of aromatic nitrogens is 1. The van der Waals surface area contributed by atoms with Crippen molar-refractivity contribution in [1.82, 2.24) is 15.2 Å². The van der Waals surface area contributed by atoms with E-state index in [9.17, 15) is 18.0 Å². The van der Waals surface area contributed by atoms with E-state index < -0.39 is 11.7 Å². The largest absolute Gasteiger partial charge is 0.416 e.